The Morgan fingerprint density at radius 1 is 0.471 bits per heavy atom. The molecule has 0 bridgehead atoms. The predicted octanol–water partition coefficient (Wildman–Crippen LogP) is 15.9. The van der Waals surface area contributed by atoms with E-state index in [9.17, 15) is 0 Å². The molecule has 0 saturated heterocycles. The fourth-order valence-electron chi connectivity index (χ4n) is 12.6. The molecule has 334 valence electrons. The average Bonchev–Trinajstić information content (AvgIpc) is 4.03. The normalized spacial score (nSPS) is 14.2. The summed E-state index contributed by atoms with van der Waals surface area (Å²) in [4.78, 5) is 6.61. The molecule has 0 atom stereocenters. The van der Waals surface area contributed by atoms with Crippen molar-refractivity contribution in [2.75, 3.05) is 9.80 Å². The molecule has 4 heteroatoms. The number of thiophene rings is 1. The highest BCUT2D eigenvalue weighted by Gasteiger charge is 2.56. The highest BCUT2D eigenvalue weighted by molar-refractivity contribution is 7.30. The lowest BCUT2D eigenvalue weighted by Gasteiger charge is -2.43. The summed E-state index contributed by atoms with van der Waals surface area (Å²) in [6.45, 7) is 11.5. The SMILES string of the molecule is CC(C)c1ccc(N2c3cccc4c3B(c3ccc(-c5cc(C(C)(C)C)ccc5-c5ccccc5)cc3N4c3ccccc3)c3sc4c(c32)-c2ccccc2C42c3ccccc3-c3ccccc32)cc1. The molecule has 0 saturated carbocycles. The number of anilines is 6. The zero-order chi connectivity index (χ0) is 47.0. The van der Waals surface area contributed by atoms with Crippen LogP contribution in [0, 0.1) is 0 Å². The zero-order valence-electron chi connectivity index (χ0n) is 40.2. The third kappa shape index (κ3) is 5.69. The first-order chi connectivity index (χ1) is 34.2. The second kappa shape index (κ2) is 15.2. The van der Waals surface area contributed by atoms with Crippen LogP contribution in [0.15, 0.2) is 212 Å². The lowest BCUT2D eigenvalue weighted by molar-refractivity contribution is 0.590. The van der Waals surface area contributed by atoms with Gasteiger partial charge in [0.05, 0.1) is 11.1 Å². The molecular formula is C66H51BN2S. The Morgan fingerprint density at radius 2 is 1.06 bits per heavy atom. The first-order valence-corrected chi connectivity index (χ1v) is 25.7. The number of hydrogen-bond acceptors (Lipinski definition) is 3. The summed E-state index contributed by atoms with van der Waals surface area (Å²) in [5, 5.41) is 0. The van der Waals surface area contributed by atoms with Crippen molar-refractivity contribution < 1.29 is 0 Å². The summed E-state index contributed by atoms with van der Waals surface area (Å²) in [5.41, 5.74) is 26.6. The van der Waals surface area contributed by atoms with Crippen molar-refractivity contribution in [2.24, 2.45) is 0 Å². The van der Waals surface area contributed by atoms with Gasteiger partial charge in [0.15, 0.2) is 0 Å². The van der Waals surface area contributed by atoms with Crippen LogP contribution in [0.2, 0.25) is 0 Å². The lowest BCUT2D eigenvalue weighted by Crippen LogP contribution is -2.60. The minimum atomic E-state index is -0.452. The number of nitrogens with zero attached hydrogens (tertiary/aromatic N) is 2. The molecule has 10 aromatic rings. The standard InChI is InChI=1S/C66H51BN2S/c1-41(2)42-31-35-47(36-32-42)69-58-30-18-29-57-61(58)67(64-62(69)60-51-25-14-17-28-55(51)66(63(60)70-64)53-26-15-12-23-49(53)50-24-13-16-27-54(50)66)56-38-33-44(39-59(56)68(57)46-21-10-7-11-22-46)52-40-45(65(3,4)5)34-37-48(52)43-19-8-6-9-20-43/h6-41H,1-5H3. The van der Waals surface area contributed by atoms with E-state index in [0.29, 0.717) is 5.92 Å². The van der Waals surface area contributed by atoms with E-state index in [0.717, 1.165) is 5.69 Å². The van der Waals surface area contributed by atoms with Gasteiger partial charge in [-0.05, 0) is 131 Å². The van der Waals surface area contributed by atoms with Gasteiger partial charge in [-0.25, -0.2) is 0 Å². The Labute approximate surface area is 416 Å². The van der Waals surface area contributed by atoms with E-state index in [1.54, 1.807) is 0 Å². The third-order valence-corrected chi connectivity index (χ3v) is 17.2. The van der Waals surface area contributed by atoms with E-state index in [1.807, 2.05) is 0 Å². The highest BCUT2D eigenvalue weighted by atomic mass is 32.1. The Hall–Kier alpha value is -7.66. The van der Waals surface area contributed by atoms with Crippen LogP contribution in [0.3, 0.4) is 0 Å². The Kier molecular flexibility index (Phi) is 8.96. The van der Waals surface area contributed by atoms with Gasteiger partial charge in [-0.2, -0.15) is 0 Å². The molecule has 0 unspecified atom stereocenters. The van der Waals surface area contributed by atoms with Crippen molar-refractivity contribution in [3.8, 4) is 44.5 Å². The fourth-order valence-corrected chi connectivity index (χ4v) is 14.3. The number of rotatable bonds is 5. The monoisotopic (exact) mass is 914 g/mol. The molecule has 0 fully saturated rings. The maximum absolute atomic E-state index is 2.64. The van der Waals surface area contributed by atoms with Crippen LogP contribution in [0.1, 0.15) is 73.2 Å². The fraction of sp³-hybridized carbons (Fsp3) is 0.121. The van der Waals surface area contributed by atoms with E-state index in [1.165, 1.54) is 121 Å². The lowest BCUT2D eigenvalue weighted by atomic mass is 9.36. The number of hydrogen-bond donors (Lipinski definition) is 0. The number of fused-ring (bicyclic) bond motifs is 15. The molecular weight excluding hydrogens is 864 g/mol. The molecule has 14 rings (SSSR count). The minimum absolute atomic E-state index is 0.0149. The van der Waals surface area contributed by atoms with Crippen molar-refractivity contribution in [2.45, 2.75) is 51.4 Å². The van der Waals surface area contributed by atoms with Crippen molar-refractivity contribution in [3.05, 3.63) is 245 Å². The molecule has 0 amide bonds. The molecule has 1 spiro atoms. The highest BCUT2D eigenvalue weighted by Crippen LogP contribution is 2.67. The number of benzene rings is 9. The Morgan fingerprint density at radius 3 is 1.71 bits per heavy atom. The van der Waals surface area contributed by atoms with Crippen molar-refractivity contribution in [3.63, 3.8) is 0 Å². The molecule has 4 aliphatic rings. The van der Waals surface area contributed by atoms with Crippen LogP contribution < -0.4 is 25.5 Å². The summed E-state index contributed by atoms with van der Waals surface area (Å²) < 4.78 is 1.40. The maximum Gasteiger partial charge on any atom is 0.264 e. The van der Waals surface area contributed by atoms with Crippen molar-refractivity contribution in [1.29, 1.82) is 0 Å². The van der Waals surface area contributed by atoms with Crippen LogP contribution in [0.4, 0.5) is 34.1 Å². The van der Waals surface area contributed by atoms with Crippen LogP contribution >= 0.6 is 11.3 Å². The summed E-state index contributed by atoms with van der Waals surface area (Å²) in [5.74, 6) is 0.431. The molecule has 0 radical (unpaired) electrons. The van der Waals surface area contributed by atoms with Crippen molar-refractivity contribution >= 4 is 67.9 Å². The second-order valence-electron chi connectivity index (χ2n) is 21.0. The van der Waals surface area contributed by atoms with E-state index < -0.39 is 5.41 Å². The summed E-state index contributed by atoms with van der Waals surface area (Å²) in [6, 6.07) is 80.7. The average molecular weight is 915 g/mol. The van der Waals surface area contributed by atoms with Gasteiger partial charge in [-0.1, -0.05) is 204 Å². The zero-order valence-corrected chi connectivity index (χ0v) is 41.0. The van der Waals surface area contributed by atoms with E-state index >= 15 is 0 Å². The van der Waals surface area contributed by atoms with Gasteiger partial charge < -0.3 is 9.80 Å². The number of para-hydroxylation sites is 1. The molecule has 70 heavy (non-hydrogen) atoms. The van der Waals surface area contributed by atoms with Gasteiger partial charge in [-0.3, -0.25) is 0 Å². The van der Waals surface area contributed by atoms with E-state index in [4.69, 9.17) is 0 Å². The second-order valence-corrected chi connectivity index (χ2v) is 22.0. The predicted molar refractivity (Wildman–Crippen MR) is 298 cm³/mol. The molecule has 3 heterocycles. The smallest absolute Gasteiger partial charge is 0.264 e. The van der Waals surface area contributed by atoms with Crippen LogP contribution in [-0.4, -0.2) is 6.71 Å². The minimum Gasteiger partial charge on any atom is -0.311 e. The van der Waals surface area contributed by atoms with Crippen LogP contribution in [-0.2, 0) is 10.8 Å². The molecule has 0 N–H and O–H groups in total. The molecule has 2 aliphatic carbocycles. The maximum atomic E-state index is 2.64. The topological polar surface area (TPSA) is 6.48 Å². The van der Waals surface area contributed by atoms with E-state index in [-0.39, 0.29) is 12.1 Å². The molecule has 1 aromatic heterocycles. The molecule has 2 nitrogen and oxygen atoms in total. The third-order valence-electron chi connectivity index (χ3n) is 15.8. The van der Waals surface area contributed by atoms with Gasteiger partial charge in [0.1, 0.15) is 0 Å². The van der Waals surface area contributed by atoms with Gasteiger partial charge in [0.25, 0.3) is 6.71 Å². The summed E-state index contributed by atoms with van der Waals surface area (Å²) in [7, 11) is 0. The van der Waals surface area contributed by atoms with Crippen molar-refractivity contribution in [1.82, 2.24) is 0 Å². The first kappa shape index (κ1) is 41.3. The van der Waals surface area contributed by atoms with Crippen LogP contribution in [0.5, 0.6) is 0 Å². The molecule has 2 aliphatic heterocycles. The summed E-state index contributed by atoms with van der Waals surface area (Å²) in [6.07, 6.45) is 0. The van der Waals surface area contributed by atoms with E-state index in [2.05, 4.69) is 268 Å². The summed E-state index contributed by atoms with van der Waals surface area (Å²) >= 11 is 2.06. The Bertz CT molecular complexity index is 3700. The van der Waals surface area contributed by atoms with Gasteiger partial charge in [-0.15, -0.1) is 11.3 Å². The largest absolute Gasteiger partial charge is 0.311 e. The first-order valence-electron chi connectivity index (χ1n) is 24.9. The molecule has 9 aromatic carbocycles. The quantitative estimate of drug-likeness (QED) is 0.159. The van der Waals surface area contributed by atoms with Gasteiger partial charge >= 0.3 is 0 Å². The Balaban J connectivity index is 1.09. The van der Waals surface area contributed by atoms with Gasteiger partial charge in [0, 0.05) is 43.7 Å². The van der Waals surface area contributed by atoms with Gasteiger partial charge in [0.2, 0.25) is 0 Å². The van der Waals surface area contributed by atoms with Crippen LogP contribution in [0.25, 0.3) is 44.5 Å².